The van der Waals surface area contributed by atoms with Crippen molar-refractivity contribution >= 4 is 11.9 Å². The van der Waals surface area contributed by atoms with Crippen LogP contribution in [0.25, 0.3) is 0 Å². The molecule has 0 atom stereocenters. The summed E-state index contributed by atoms with van der Waals surface area (Å²) in [6.45, 7) is 9.33. The summed E-state index contributed by atoms with van der Waals surface area (Å²) in [5.41, 5.74) is 1.52. The minimum atomic E-state index is -0.977. The van der Waals surface area contributed by atoms with Crippen LogP contribution in [-0.2, 0) is 22.5 Å². The highest BCUT2D eigenvalue weighted by Gasteiger charge is 2.20. The Morgan fingerprint density at radius 2 is 2.04 bits per heavy atom. The number of carbonyl (C=O) groups is 2. The number of amides is 1. The minimum Gasteiger partial charge on any atom is -0.478 e. The van der Waals surface area contributed by atoms with E-state index in [1.165, 1.54) is 0 Å². The van der Waals surface area contributed by atoms with Crippen molar-refractivity contribution < 1.29 is 19.4 Å². The maximum atomic E-state index is 12.2. The van der Waals surface area contributed by atoms with Crippen molar-refractivity contribution in [1.82, 2.24) is 14.8 Å². The molecule has 0 aromatic carbocycles. The molecule has 0 unspecified atom stereocenters. The monoisotopic (exact) mass is 337 g/mol. The average Bonchev–Trinajstić information content (AvgIpc) is 2.88. The predicted molar refractivity (Wildman–Crippen MR) is 90.4 cm³/mol. The SMILES string of the molecule is CCn1cc(C)c(C(=O)O)c1CC(=O)NCCCN1CCOCC1. The standard InChI is InChI=1S/C17H27N3O4/c1-3-20-12-13(2)16(17(22)23)14(20)11-15(21)18-5-4-6-19-7-9-24-10-8-19/h12H,3-11H2,1-2H3,(H,18,21)(H,22,23). The van der Waals surface area contributed by atoms with E-state index in [-0.39, 0.29) is 17.9 Å². The summed E-state index contributed by atoms with van der Waals surface area (Å²) in [5, 5.41) is 12.3. The molecule has 24 heavy (non-hydrogen) atoms. The molecule has 0 bridgehead atoms. The third-order valence-corrected chi connectivity index (χ3v) is 4.34. The fourth-order valence-corrected chi connectivity index (χ4v) is 3.08. The molecule has 2 N–H and O–H groups in total. The van der Waals surface area contributed by atoms with E-state index in [0.29, 0.717) is 24.3 Å². The highest BCUT2D eigenvalue weighted by Crippen LogP contribution is 2.18. The number of carboxylic acids is 1. The molecule has 7 nitrogen and oxygen atoms in total. The second kappa shape index (κ2) is 8.84. The van der Waals surface area contributed by atoms with Gasteiger partial charge in [0.2, 0.25) is 5.91 Å². The average molecular weight is 337 g/mol. The van der Waals surface area contributed by atoms with Gasteiger partial charge < -0.3 is 19.7 Å². The van der Waals surface area contributed by atoms with Gasteiger partial charge in [-0.1, -0.05) is 0 Å². The van der Waals surface area contributed by atoms with Crippen LogP contribution in [0.2, 0.25) is 0 Å². The van der Waals surface area contributed by atoms with Crippen molar-refractivity contribution in [2.45, 2.75) is 33.2 Å². The van der Waals surface area contributed by atoms with Gasteiger partial charge in [-0.05, 0) is 32.4 Å². The zero-order chi connectivity index (χ0) is 17.5. The Balaban J connectivity index is 1.82. The first-order chi connectivity index (χ1) is 11.5. The molecule has 1 aromatic heterocycles. The summed E-state index contributed by atoms with van der Waals surface area (Å²) in [5.74, 6) is -1.11. The molecular formula is C17H27N3O4. The minimum absolute atomic E-state index is 0.0981. The first kappa shape index (κ1) is 18.5. The number of nitrogens with zero attached hydrogens (tertiary/aromatic N) is 2. The molecule has 7 heteroatoms. The normalized spacial score (nSPS) is 15.4. The summed E-state index contributed by atoms with van der Waals surface area (Å²) in [7, 11) is 0. The molecule has 134 valence electrons. The molecule has 2 rings (SSSR count). The fraction of sp³-hybridized carbons (Fsp3) is 0.647. The lowest BCUT2D eigenvalue weighted by Gasteiger charge is -2.26. The van der Waals surface area contributed by atoms with Crippen LogP contribution in [0.5, 0.6) is 0 Å². The van der Waals surface area contributed by atoms with E-state index in [9.17, 15) is 14.7 Å². The molecule has 0 saturated carbocycles. The van der Waals surface area contributed by atoms with Crippen LogP contribution in [0.15, 0.2) is 6.20 Å². The molecule has 1 aliphatic heterocycles. The first-order valence-electron chi connectivity index (χ1n) is 8.51. The third-order valence-electron chi connectivity index (χ3n) is 4.34. The van der Waals surface area contributed by atoms with Crippen molar-refractivity contribution in [3.63, 3.8) is 0 Å². The van der Waals surface area contributed by atoms with E-state index < -0.39 is 5.97 Å². The summed E-state index contributed by atoms with van der Waals surface area (Å²) < 4.78 is 7.14. The number of aromatic carboxylic acids is 1. The highest BCUT2D eigenvalue weighted by atomic mass is 16.5. The van der Waals surface area contributed by atoms with E-state index in [2.05, 4.69) is 10.2 Å². The van der Waals surface area contributed by atoms with Gasteiger partial charge in [-0.25, -0.2) is 4.79 Å². The number of ether oxygens (including phenoxy) is 1. The van der Waals surface area contributed by atoms with E-state index in [1.54, 1.807) is 13.1 Å². The maximum Gasteiger partial charge on any atom is 0.337 e. The van der Waals surface area contributed by atoms with Gasteiger partial charge in [0.15, 0.2) is 0 Å². The lowest BCUT2D eigenvalue weighted by atomic mass is 10.1. The van der Waals surface area contributed by atoms with Crippen LogP contribution in [-0.4, -0.2) is 65.8 Å². The molecular weight excluding hydrogens is 310 g/mol. The predicted octanol–water partition coefficient (Wildman–Crippen LogP) is 0.896. The number of aromatic nitrogens is 1. The van der Waals surface area contributed by atoms with Crippen molar-refractivity contribution in [3.8, 4) is 0 Å². The van der Waals surface area contributed by atoms with Gasteiger partial charge in [0.1, 0.15) is 0 Å². The van der Waals surface area contributed by atoms with Crippen LogP contribution in [0.4, 0.5) is 0 Å². The summed E-state index contributed by atoms with van der Waals surface area (Å²) in [6.07, 6.45) is 2.77. The number of aryl methyl sites for hydroxylation is 2. The molecule has 1 aliphatic rings. The Kier molecular flexibility index (Phi) is 6.81. The molecule has 1 fully saturated rings. The fourth-order valence-electron chi connectivity index (χ4n) is 3.08. The second-order valence-corrected chi connectivity index (χ2v) is 6.06. The number of hydrogen-bond donors (Lipinski definition) is 2. The van der Waals surface area contributed by atoms with Crippen LogP contribution < -0.4 is 5.32 Å². The van der Waals surface area contributed by atoms with Gasteiger partial charge in [-0.2, -0.15) is 0 Å². The lowest BCUT2D eigenvalue weighted by molar-refractivity contribution is -0.120. The smallest absolute Gasteiger partial charge is 0.337 e. The van der Waals surface area contributed by atoms with Gasteiger partial charge >= 0.3 is 5.97 Å². The molecule has 0 radical (unpaired) electrons. The van der Waals surface area contributed by atoms with Crippen molar-refractivity contribution in [2.24, 2.45) is 0 Å². The second-order valence-electron chi connectivity index (χ2n) is 6.06. The number of rotatable bonds is 8. The lowest BCUT2D eigenvalue weighted by Crippen LogP contribution is -2.38. The summed E-state index contributed by atoms with van der Waals surface area (Å²) in [6, 6.07) is 0. The highest BCUT2D eigenvalue weighted by molar-refractivity contribution is 5.93. The number of morpholine rings is 1. The summed E-state index contributed by atoms with van der Waals surface area (Å²) >= 11 is 0. The van der Waals surface area contributed by atoms with Gasteiger partial charge in [0, 0.05) is 38.1 Å². The molecule has 1 saturated heterocycles. The Hall–Kier alpha value is -1.86. The Morgan fingerprint density at radius 3 is 2.67 bits per heavy atom. The van der Waals surface area contributed by atoms with Crippen molar-refractivity contribution in [1.29, 1.82) is 0 Å². The maximum absolute atomic E-state index is 12.2. The molecule has 1 aromatic rings. The Labute approximate surface area is 142 Å². The molecule has 1 amide bonds. The summed E-state index contributed by atoms with van der Waals surface area (Å²) in [4.78, 5) is 25.9. The van der Waals surface area contributed by atoms with E-state index in [0.717, 1.165) is 39.3 Å². The van der Waals surface area contributed by atoms with Crippen LogP contribution in [0, 0.1) is 6.92 Å². The number of hydrogen-bond acceptors (Lipinski definition) is 4. The largest absolute Gasteiger partial charge is 0.478 e. The van der Waals surface area contributed by atoms with Crippen LogP contribution in [0.1, 0.15) is 35.0 Å². The van der Waals surface area contributed by atoms with Crippen molar-refractivity contribution in [3.05, 3.63) is 23.0 Å². The third kappa shape index (κ3) is 4.82. The van der Waals surface area contributed by atoms with Crippen molar-refractivity contribution in [2.75, 3.05) is 39.4 Å². The molecule has 0 aliphatic carbocycles. The van der Waals surface area contributed by atoms with E-state index in [4.69, 9.17) is 4.74 Å². The van der Waals surface area contributed by atoms with Gasteiger partial charge in [0.05, 0.1) is 25.2 Å². The van der Waals surface area contributed by atoms with Gasteiger partial charge in [-0.15, -0.1) is 0 Å². The van der Waals surface area contributed by atoms with E-state index in [1.807, 2.05) is 11.5 Å². The Bertz CT molecular complexity index is 577. The van der Waals surface area contributed by atoms with Crippen LogP contribution >= 0.6 is 0 Å². The van der Waals surface area contributed by atoms with Gasteiger partial charge in [0.25, 0.3) is 0 Å². The van der Waals surface area contributed by atoms with Gasteiger partial charge in [-0.3, -0.25) is 9.69 Å². The number of nitrogens with one attached hydrogen (secondary N) is 1. The number of carbonyl (C=O) groups excluding carboxylic acids is 1. The zero-order valence-corrected chi connectivity index (χ0v) is 14.5. The Morgan fingerprint density at radius 1 is 1.33 bits per heavy atom. The van der Waals surface area contributed by atoms with Crippen LogP contribution in [0.3, 0.4) is 0 Å². The first-order valence-corrected chi connectivity index (χ1v) is 8.51. The topological polar surface area (TPSA) is 83.8 Å². The molecule has 0 spiro atoms. The quantitative estimate of drug-likeness (QED) is 0.689. The zero-order valence-electron chi connectivity index (χ0n) is 14.5. The molecule has 2 heterocycles. The van der Waals surface area contributed by atoms with E-state index >= 15 is 0 Å². The number of carboxylic acid groups (broad SMARTS) is 1.